The maximum Gasteiger partial charge on any atom is 0.0846 e. The van der Waals surface area contributed by atoms with E-state index in [0.29, 0.717) is 16.7 Å². The largest absolute Gasteiger partial charge is 0.386 e. The Hall–Kier alpha value is -1.55. The molecule has 0 aliphatic rings. The van der Waals surface area contributed by atoms with E-state index in [4.69, 9.17) is 15.7 Å². The van der Waals surface area contributed by atoms with E-state index in [1.807, 2.05) is 58.0 Å². The van der Waals surface area contributed by atoms with E-state index in [1.54, 1.807) is 41.5 Å². The molecule has 2 rings (SSSR count). The molecule has 0 fully saturated rings. The van der Waals surface area contributed by atoms with Crippen molar-refractivity contribution in [1.82, 2.24) is 0 Å². The molecule has 4 radical (unpaired) electrons. The van der Waals surface area contributed by atoms with Crippen LogP contribution in [0.3, 0.4) is 0 Å². The number of benzene rings is 2. The Balaban J connectivity index is 3.12. The van der Waals surface area contributed by atoms with Crippen LogP contribution in [0.25, 0.3) is 11.1 Å². The van der Waals surface area contributed by atoms with Crippen LogP contribution in [0.1, 0.15) is 97.1 Å². The van der Waals surface area contributed by atoms with Crippen LogP contribution in [0, 0.1) is 0 Å². The lowest BCUT2D eigenvalue weighted by Gasteiger charge is -2.34. The molecule has 0 heterocycles. The van der Waals surface area contributed by atoms with Crippen LogP contribution < -0.4 is 0 Å². The van der Waals surface area contributed by atoms with Crippen LogP contribution in [0.5, 0.6) is 0 Å². The van der Waals surface area contributed by atoms with Gasteiger partial charge in [0, 0.05) is 0 Å². The van der Waals surface area contributed by atoms with Gasteiger partial charge in [-0.3, -0.25) is 0 Å². The number of hydrogen-bond acceptors (Lipinski definition) is 3. The van der Waals surface area contributed by atoms with Gasteiger partial charge in [-0.05, 0) is 97.7 Å². The quantitative estimate of drug-likeness (QED) is 0.573. The molecule has 0 spiro atoms. The zero-order valence-corrected chi connectivity index (χ0v) is 21.4. The Morgan fingerprint density at radius 3 is 1.22 bits per heavy atom. The second-order valence-electron chi connectivity index (χ2n) is 11.9. The number of hydrogen-bond donors (Lipinski definition) is 3. The van der Waals surface area contributed by atoms with Gasteiger partial charge in [0.1, 0.15) is 0 Å². The molecule has 0 saturated carbocycles. The van der Waals surface area contributed by atoms with Gasteiger partial charge in [0.05, 0.1) is 32.5 Å². The average Bonchev–Trinajstić information content (AvgIpc) is 2.56. The third-order valence-corrected chi connectivity index (χ3v) is 5.87. The Morgan fingerprint density at radius 2 is 0.906 bits per heavy atom. The van der Waals surface area contributed by atoms with E-state index in [9.17, 15) is 15.3 Å². The van der Waals surface area contributed by atoms with Crippen LogP contribution in [0.15, 0.2) is 30.3 Å². The summed E-state index contributed by atoms with van der Waals surface area (Å²) in [6.07, 6.45) is 0. The van der Waals surface area contributed by atoms with E-state index >= 15 is 0 Å². The third-order valence-electron chi connectivity index (χ3n) is 5.87. The first kappa shape index (κ1) is 26.7. The van der Waals surface area contributed by atoms with Gasteiger partial charge in [-0.15, -0.1) is 0 Å². The highest BCUT2D eigenvalue weighted by atomic mass is 16.3. The minimum absolute atomic E-state index is 0.633. The molecule has 0 bridgehead atoms. The summed E-state index contributed by atoms with van der Waals surface area (Å²) in [5.74, 6) is 0. The van der Waals surface area contributed by atoms with E-state index in [0.717, 1.165) is 22.3 Å². The first-order valence-electron chi connectivity index (χ1n) is 11.1. The zero-order valence-electron chi connectivity index (χ0n) is 21.4. The molecule has 3 nitrogen and oxygen atoms in total. The fourth-order valence-electron chi connectivity index (χ4n) is 3.79. The van der Waals surface area contributed by atoms with Crippen LogP contribution in [-0.2, 0) is 27.4 Å². The Kier molecular flexibility index (Phi) is 6.71. The normalized spacial score (nSPS) is 14.0. The molecule has 3 N–H and O–H groups in total. The highest BCUT2D eigenvalue weighted by Crippen LogP contribution is 2.43. The molecule has 0 aliphatic heterocycles. The van der Waals surface area contributed by atoms with E-state index in [1.165, 1.54) is 0 Å². The lowest BCUT2D eigenvalue weighted by molar-refractivity contribution is 0.0719. The van der Waals surface area contributed by atoms with Gasteiger partial charge in [0.25, 0.3) is 0 Å². The molecule has 0 aliphatic carbocycles. The molecule has 2 aromatic carbocycles. The number of aliphatic hydroxyl groups is 3. The van der Waals surface area contributed by atoms with Crippen molar-refractivity contribution in [3.05, 3.63) is 58.1 Å². The van der Waals surface area contributed by atoms with Gasteiger partial charge in [0.2, 0.25) is 0 Å². The minimum Gasteiger partial charge on any atom is -0.386 e. The lowest BCUT2D eigenvalue weighted by Crippen LogP contribution is -2.27. The molecule has 0 amide bonds. The van der Waals surface area contributed by atoms with Crippen molar-refractivity contribution in [3.63, 3.8) is 0 Å². The van der Waals surface area contributed by atoms with Crippen molar-refractivity contribution in [3.8, 4) is 11.1 Å². The van der Waals surface area contributed by atoms with Crippen LogP contribution in [0.2, 0.25) is 0 Å². The summed E-state index contributed by atoms with van der Waals surface area (Å²) in [6, 6.07) is 9.57. The van der Waals surface area contributed by atoms with Gasteiger partial charge in [-0.2, -0.15) is 0 Å². The van der Waals surface area contributed by atoms with Crippen molar-refractivity contribution >= 4 is 15.7 Å². The monoisotopic (exact) mass is 432 g/mol. The van der Waals surface area contributed by atoms with Gasteiger partial charge < -0.3 is 15.3 Å². The van der Waals surface area contributed by atoms with E-state index < -0.39 is 27.4 Å². The van der Waals surface area contributed by atoms with Crippen molar-refractivity contribution < 1.29 is 15.3 Å². The van der Waals surface area contributed by atoms with Crippen LogP contribution in [0.4, 0.5) is 0 Å². The summed E-state index contributed by atoms with van der Waals surface area (Å²) in [5, 5.41) is 31.4. The SMILES string of the molecule is [B]C(C)(C)c1cc(C([B])(C)C)c(-c2cc(C(C)(C)O)cc(C(C)(C)O)c2)c(C(C)(C)O)c1. The third kappa shape index (κ3) is 5.87. The maximum atomic E-state index is 11.2. The van der Waals surface area contributed by atoms with Crippen molar-refractivity contribution in [1.29, 1.82) is 0 Å². The molecular weight excluding hydrogens is 394 g/mol. The summed E-state index contributed by atoms with van der Waals surface area (Å²) in [4.78, 5) is 0. The smallest absolute Gasteiger partial charge is 0.0846 e. The van der Waals surface area contributed by atoms with Crippen molar-refractivity contribution in [2.45, 2.75) is 96.7 Å². The van der Waals surface area contributed by atoms with Gasteiger partial charge >= 0.3 is 0 Å². The molecule has 2 aromatic rings. The molecular formula is C27H38B2O3. The Labute approximate surface area is 197 Å². The number of rotatable bonds is 6. The fourth-order valence-corrected chi connectivity index (χ4v) is 3.79. The van der Waals surface area contributed by atoms with Crippen molar-refractivity contribution in [2.75, 3.05) is 0 Å². The van der Waals surface area contributed by atoms with Crippen LogP contribution >= 0.6 is 0 Å². The summed E-state index contributed by atoms with van der Waals surface area (Å²) in [5.41, 5.74) is 1.85. The van der Waals surface area contributed by atoms with E-state index in [2.05, 4.69) is 0 Å². The minimum atomic E-state index is -1.18. The topological polar surface area (TPSA) is 60.7 Å². The van der Waals surface area contributed by atoms with E-state index in [-0.39, 0.29) is 0 Å². The molecule has 5 heteroatoms. The second-order valence-corrected chi connectivity index (χ2v) is 11.9. The zero-order chi connectivity index (χ0) is 25.1. The van der Waals surface area contributed by atoms with Gasteiger partial charge in [0.15, 0.2) is 0 Å². The average molecular weight is 432 g/mol. The molecule has 32 heavy (non-hydrogen) atoms. The molecule has 0 unspecified atom stereocenters. The highest BCUT2D eigenvalue weighted by Gasteiger charge is 2.32. The van der Waals surface area contributed by atoms with Crippen LogP contribution in [-0.4, -0.2) is 31.0 Å². The van der Waals surface area contributed by atoms with Gasteiger partial charge in [-0.1, -0.05) is 51.5 Å². The molecule has 170 valence electrons. The predicted octanol–water partition coefficient (Wildman–Crippen LogP) is 4.84. The first-order chi connectivity index (χ1) is 14.0. The molecule has 0 atom stereocenters. The first-order valence-corrected chi connectivity index (χ1v) is 11.1. The standard InChI is InChI=1S/C27H38B2O3/c1-23(2,28)17-14-20(24(3,4)29)22(21(15-17)27(9,10)32)16-11-18(25(5,6)30)13-19(12-16)26(7,8)31/h11-15,30-32H,1-10H3. The van der Waals surface area contributed by atoms with Gasteiger partial charge in [-0.25, -0.2) is 0 Å². The predicted molar refractivity (Wildman–Crippen MR) is 135 cm³/mol. The fraction of sp³-hybridized carbons (Fsp3) is 0.556. The summed E-state index contributed by atoms with van der Waals surface area (Å²) in [7, 11) is 13.1. The van der Waals surface area contributed by atoms with Crippen molar-refractivity contribution in [2.24, 2.45) is 0 Å². The summed E-state index contributed by atoms with van der Waals surface area (Å²) < 4.78 is 0. The Bertz CT molecular complexity index is 923. The maximum absolute atomic E-state index is 11.2. The lowest BCUT2D eigenvalue weighted by atomic mass is 9.60. The molecule has 0 saturated heterocycles. The highest BCUT2D eigenvalue weighted by molar-refractivity contribution is 6.17. The second kappa shape index (κ2) is 8.04. The Morgan fingerprint density at radius 1 is 0.500 bits per heavy atom. The summed E-state index contributed by atoms with van der Waals surface area (Å²) in [6.45, 7) is 18.0. The molecule has 0 aromatic heterocycles. The summed E-state index contributed by atoms with van der Waals surface area (Å²) >= 11 is 0.